The van der Waals surface area contributed by atoms with E-state index in [9.17, 15) is 9.59 Å². The summed E-state index contributed by atoms with van der Waals surface area (Å²) in [6, 6.07) is 5.31. The molecule has 0 heterocycles. The van der Waals surface area contributed by atoms with E-state index in [1.165, 1.54) is 0 Å². The summed E-state index contributed by atoms with van der Waals surface area (Å²) < 4.78 is 9.90. The van der Waals surface area contributed by atoms with Crippen LogP contribution in [-0.4, -0.2) is 25.2 Å². The van der Waals surface area contributed by atoms with Crippen molar-refractivity contribution in [2.45, 2.75) is 32.6 Å². The number of benzene rings is 1. The van der Waals surface area contributed by atoms with Gasteiger partial charge < -0.3 is 9.47 Å². The van der Waals surface area contributed by atoms with Gasteiger partial charge in [-0.3, -0.25) is 4.79 Å². The molecule has 0 radical (unpaired) electrons. The van der Waals surface area contributed by atoms with E-state index in [1.807, 2.05) is 6.07 Å². The summed E-state index contributed by atoms with van der Waals surface area (Å²) in [5, 5.41) is 0. The maximum Gasteiger partial charge on any atom is 0.338 e. The molecule has 0 aliphatic heterocycles. The second-order valence-corrected chi connectivity index (χ2v) is 4.42. The molecule has 0 spiro atoms. The molecule has 0 saturated heterocycles. The third-order valence-corrected chi connectivity index (χ3v) is 3.03. The zero-order valence-corrected chi connectivity index (χ0v) is 12.5. The molecule has 0 atom stereocenters. The van der Waals surface area contributed by atoms with Crippen molar-refractivity contribution in [1.29, 1.82) is 0 Å². The third-order valence-electron chi connectivity index (χ3n) is 2.72. The molecule has 0 aliphatic carbocycles. The minimum absolute atomic E-state index is 0.228. The average Bonchev–Trinajstić information content (AvgIpc) is 2.45. The lowest BCUT2D eigenvalue weighted by molar-refractivity contribution is -0.143. The van der Waals surface area contributed by atoms with Crippen molar-refractivity contribution in [3.8, 4) is 0 Å². The molecule has 0 saturated carbocycles. The monoisotopic (exact) mass is 298 g/mol. The summed E-state index contributed by atoms with van der Waals surface area (Å²) in [5.74, 6) is -0.304. The first-order chi connectivity index (χ1) is 9.62. The first-order valence-corrected chi connectivity index (χ1v) is 7.16. The Kier molecular flexibility index (Phi) is 7.09. The molecule has 0 unspecified atom stereocenters. The molecule has 0 aromatic heterocycles. The van der Waals surface area contributed by atoms with Gasteiger partial charge in [-0.25, -0.2) is 4.79 Å². The SMILES string of the molecule is CCOC(=O)CCc1cc(CCl)ccc1C(=O)OCC. The van der Waals surface area contributed by atoms with Gasteiger partial charge in [0.1, 0.15) is 0 Å². The molecule has 4 nitrogen and oxygen atoms in total. The van der Waals surface area contributed by atoms with E-state index in [-0.39, 0.29) is 18.4 Å². The van der Waals surface area contributed by atoms with E-state index in [0.29, 0.717) is 31.1 Å². The van der Waals surface area contributed by atoms with Crippen LogP contribution < -0.4 is 0 Å². The van der Waals surface area contributed by atoms with Crippen LogP contribution in [0, 0.1) is 0 Å². The number of alkyl halides is 1. The Bertz CT molecular complexity index is 471. The highest BCUT2D eigenvalue weighted by Gasteiger charge is 2.14. The van der Waals surface area contributed by atoms with Gasteiger partial charge in [0.15, 0.2) is 0 Å². The average molecular weight is 299 g/mol. The van der Waals surface area contributed by atoms with Gasteiger partial charge in [-0.05, 0) is 37.5 Å². The van der Waals surface area contributed by atoms with Crippen LogP contribution >= 0.6 is 11.6 Å². The molecular weight excluding hydrogens is 280 g/mol. The Morgan fingerprint density at radius 3 is 2.45 bits per heavy atom. The van der Waals surface area contributed by atoms with Crippen molar-refractivity contribution in [1.82, 2.24) is 0 Å². The maximum atomic E-state index is 11.9. The standard InChI is InChI=1S/C15H19ClO4/c1-3-19-14(17)8-6-12-9-11(10-16)5-7-13(12)15(18)20-4-2/h5,7,9H,3-4,6,8,10H2,1-2H3. The van der Waals surface area contributed by atoms with Crippen molar-refractivity contribution in [2.75, 3.05) is 13.2 Å². The summed E-state index contributed by atoms with van der Waals surface area (Å²) in [5.41, 5.74) is 2.14. The lowest BCUT2D eigenvalue weighted by Gasteiger charge is -2.10. The molecule has 1 aromatic carbocycles. The van der Waals surface area contributed by atoms with Crippen LogP contribution in [0.15, 0.2) is 18.2 Å². The summed E-state index contributed by atoms with van der Waals surface area (Å²) >= 11 is 5.80. The fourth-order valence-electron chi connectivity index (χ4n) is 1.81. The Hall–Kier alpha value is -1.55. The third kappa shape index (κ3) is 4.85. The predicted molar refractivity (Wildman–Crippen MR) is 76.9 cm³/mol. The van der Waals surface area contributed by atoms with Gasteiger partial charge in [-0.2, -0.15) is 0 Å². The number of carbonyl (C=O) groups is 2. The maximum absolute atomic E-state index is 11.9. The van der Waals surface area contributed by atoms with Crippen LogP contribution in [0.5, 0.6) is 0 Å². The number of hydrogen-bond acceptors (Lipinski definition) is 4. The van der Waals surface area contributed by atoms with Crippen molar-refractivity contribution >= 4 is 23.5 Å². The van der Waals surface area contributed by atoms with E-state index in [0.717, 1.165) is 11.1 Å². The molecule has 0 amide bonds. The van der Waals surface area contributed by atoms with Crippen molar-refractivity contribution in [2.24, 2.45) is 0 Å². The Balaban J connectivity index is 2.88. The number of rotatable bonds is 7. The van der Waals surface area contributed by atoms with Gasteiger partial charge in [-0.15, -0.1) is 11.6 Å². The van der Waals surface area contributed by atoms with E-state index >= 15 is 0 Å². The van der Waals surface area contributed by atoms with Gasteiger partial charge in [0.05, 0.1) is 18.8 Å². The van der Waals surface area contributed by atoms with Crippen LogP contribution in [0.3, 0.4) is 0 Å². The molecule has 1 rings (SSSR count). The predicted octanol–water partition coefficient (Wildman–Crippen LogP) is 3.10. The highest BCUT2D eigenvalue weighted by atomic mass is 35.5. The summed E-state index contributed by atoms with van der Waals surface area (Å²) in [7, 11) is 0. The minimum Gasteiger partial charge on any atom is -0.466 e. The molecule has 0 N–H and O–H groups in total. The van der Waals surface area contributed by atoms with Crippen molar-refractivity contribution in [3.63, 3.8) is 0 Å². The molecule has 0 aliphatic rings. The molecule has 5 heteroatoms. The number of carbonyl (C=O) groups excluding carboxylic acids is 2. The van der Waals surface area contributed by atoms with Gasteiger partial charge in [0.25, 0.3) is 0 Å². The summed E-state index contributed by atoms with van der Waals surface area (Å²) in [6.45, 7) is 4.18. The highest BCUT2D eigenvalue weighted by molar-refractivity contribution is 6.17. The van der Waals surface area contributed by atoms with E-state index < -0.39 is 0 Å². The summed E-state index contributed by atoms with van der Waals surface area (Å²) in [4.78, 5) is 23.3. The van der Waals surface area contributed by atoms with E-state index in [2.05, 4.69) is 0 Å². The Labute approximate surface area is 124 Å². The molecular formula is C15H19ClO4. The van der Waals surface area contributed by atoms with Gasteiger partial charge in [0, 0.05) is 12.3 Å². The van der Waals surface area contributed by atoms with Crippen molar-refractivity contribution in [3.05, 3.63) is 34.9 Å². The van der Waals surface area contributed by atoms with E-state index in [4.69, 9.17) is 21.1 Å². The number of esters is 2. The van der Waals surface area contributed by atoms with Gasteiger partial charge in [-0.1, -0.05) is 12.1 Å². The first kappa shape index (κ1) is 16.5. The number of ether oxygens (including phenoxy) is 2. The molecule has 1 aromatic rings. The first-order valence-electron chi connectivity index (χ1n) is 6.62. The highest BCUT2D eigenvalue weighted by Crippen LogP contribution is 2.17. The zero-order chi connectivity index (χ0) is 15.0. The topological polar surface area (TPSA) is 52.6 Å². The van der Waals surface area contributed by atoms with Gasteiger partial charge >= 0.3 is 11.9 Å². The fourth-order valence-corrected chi connectivity index (χ4v) is 1.98. The lowest BCUT2D eigenvalue weighted by atomic mass is 10.0. The van der Waals surface area contributed by atoms with Crippen LogP contribution in [-0.2, 0) is 26.6 Å². The Morgan fingerprint density at radius 1 is 1.15 bits per heavy atom. The number of hydrogen-bond donors (Lipinski definition) is 0. The fraction of sp³-hybridized carbons (Fsp3) is 0.467. The largest absolute Gasteiger partial charge is 0.466 e. The van der Waals surface area contributed by atoms with Crippen LogP contribution in [0.2, 0.25) is 0 Å². The zero-order valence-electron chi connectivity index (χ0n) is 11.8. The number of aryl methyl sites for hydroxylation is 1. The molecule has 20 heavy (non-hydrogen) atoms. The molecule has 110 valence electrons. The number of halogens is 1. The van der Waals surface area contributed by atoms with Crippen LogP contribution in [0.25, 0.3) is 0 Å². The second kappa shape index (κ2) is 8.59. The normalized spacial score (nSPS) is 10.2. The van der Waals surface area contributed by atoms with Crippen LogP contribution in [0.4, 0.5) is 0 Å². The minimum atomic E-state index is -0.382. The molecule has 0 bridgehead atoms. The quantitative estimate of drug-likeness (QED) is 0.573. The summed E-state index contributed by atoms with van der Waals surface area (Å²) in [6.07, 6.45) is 0.656. The lowest BCUT2D eigenvalue weighted by Crippen LogP contribution is -2.11. The Morgan fingerprint density at radius 2 is 1.85 bits per heavy atom. The van der Waals surface area contributed by atoms with Crippen molar-refractivity contribution < 1.29 is 19.1 Å². The van der Waals surface area contributed by atoms with E-state index in [1.54, 1.807) is 26.0 Å². The van der Waals surface area contributed by atoms with Gasteiger partial charge in [0.2, 0.25) is 0 Å². The second-order valence-electron chi connectivity index (χ2n) is 4.15. The smallest absolute Gasteiger partial charge is 0.338 e. The molecule has 0 fully saturated rings. The van der Waals surface area contributed by atoms with Crippen LogP contribution in [0.1, 0.15) is 41.8 Å².